The van der Waals surface area contributed by atoms with Crippen LogP contribution >= 0.6 is 38.5 Å². The maximum absolute atomic E-state index is 11.2. The summed E-state index contributed by atoms with van der Waals surface area (Å²) in [6.07, 6.45) is 0. The van der Waals surface area contributed by atoms with Crippen LogP contribution in [0.15, 0.2) is 0 Å². The van der Waals surface area contributed by atoms with Crippen LogP contribution in [0.1, 0.15) is 13.8 Å². The number of rotatable bonds is 3. The highest BCUT2D eigenvalue weighted by Gasteiger charge is 2.41. The van der Waals surface area contributed by atoms with E-state index in [2.05, 4.69) is 15.9 Å². The summed E-state index contributed by atoms with van der Waals surface area (Å²) >= 11 is 4.46. The standard InChI is InChI=1S/C5H8BrIO3S/c1-3-11(9,10)5(6,7)4(2)8/h3H2,1-2H3/t5-/m1/s1. The Morgan fingerprint density at radius 1 is 1.64 bits per heavy atom. The third-order valence-electron chi connectivity index (χ3n) is 1.18. The van der Waals surface area contributed by atoms with E-state index in [0.717, 1.165) is 0 Å². The van der Waals surface area contributed by atoms with Crippen LogP contribution in [0, 0.1) is 0 Å². The number of Topliss-reactive ketones (excluding diaryl/α,β-unsaturated/α-hetero) is 1. The van der Waals surface area contributed by atoms with E-state index < -0.39 is 17.3 Å². The Morgan fingerprint density at radius 2 is 2.00 bits per heavy atom. The molecule has 6 heteroatoms. The fourth-order valence-corrected chi connectivity index (χ4v) is 2.82. The molecular weight excluding hydrogens is 347 g/mol. The molecule has 0 saturated heterocycles. The summed E-state index contributed by atoms with van der Waals surface area (Å²) < 4.78 is 20.9. The number of hydrogen-bond donors (Lipinski definition) is 0. The van der Waals surface area contributed by atoms with E-state index in [1.54, 1.807) is 22.6 Å². The Kier molecular flexibility index (Phi) is 3.97. The number of alkyl halides is 2. The third kappa shape index (κ3) is 2.38. The summed E-state index contributed by atoms with van der Waals surface area (Å²) in [7, 11) is -3.34. The van der Waals surface area contributed by atoms with Gasteiger partial charge in [-0.2, -0.15) is 0 Å². The zero-order chi connectivity index (χ0) is 9.28. The molecule has 0 fully saturated rings. The van der Waals surface area contributed by atoms with Gasteiger partial charge in [0.15, 0.2) is 15.6 Å². The lowest BCUT2D eigenvalue weighted by molar-refractivity contribution is -0.115. The lowest BCUT2D eigenvalue weighted by Crippen LogP contribution is -2.33. The van der Waals surface area contributed by atoms with Crippen LogP contribution in [0.2, 0.25) is 0 Å². The van der Waals surface area contributed by atoms with Gasteiger partial charge >= 0.3 is 0 Å². The van der Waals surface area contributed by atoms with Gasteiger partial charge in [-0.15, -0.1) is 0 Å². The van der Waals surface area contributed by atoms with E-state index in [9.17, 15) is 13.2 Å². The molecule has 3 nitrogen and oxygen atoms in total. The van der Waals surface area contributed by atoms with Crippen LogP contribution in [-0.2, 0) is 14.6 Å². The van der Waals surface area contributed by atoms with Crippen LogP contribution in [-0.4, -0.2) is 21.6 Å². The molecule has 0 aromatic heterocycles. The SMILES string of the molecule is CCS(=O)(=O)[C@](Br)(I)C(C)=O. The van der Waals surface area contributed by atoms with Crippen molar-refractivity contribution in [3.05, 3.63) is 0 Å². The van der Waals surface area contributed by atoms with Gasteiger partial charge < -0.3 is 0 Å². The zero-order valence-electron chi connectivity index (χ0n) is 6.10. The van der Waals surface area contributed by atoms with Gasteiger partial charge in [0.25, 0.3) is 0 Å². The first kappa shape index (κ1) is 11.8. The lowest BCUT2D eigenvalue weighted by atomic mass is 10.5. The fourth-order valence-electron chi connectivity index (χ4n) is 0.400. The number of halogens is 2. The van der Waals surface area contributed by atoms with Gasteiger partial charge in [0.05, 0.1) is 5.75 Å². The smallest absolute Gasteiger partial charge is 0.234 e. The maximum Gasteiger partial charge on any atom is 0.234 e. The van der Waals surface area contributed by atoms with Crippen LogP contribution < -0.4 is 0 Å². The quantitative estimate of drug-likeness (QED) is 0.570. The Morgan fingerprint density at radius 3 is 2.09 bits per heavy atom. The van der Waals surface area contributed by atoms with Crippen molar-refractivity contribution >= 4 is 54.1 Å². The summed E-state index contributed by atoms with van der Waals surface area (Å²) in [5, 5.41) is 0. The van der Waals surface area contributed by atoms with E-state index in [1.807, 2.05) is 0 Å². The van der Waals surface area contributed by atoms with E-state index in [4.69, 9.17) is 0 Å². The van der Waals surface area contributed by atoms with Gasteiger partial charge in [-0.05, 0) is 45.4 Å². The average molecular weight is 355 g/mol. The van der Waals surface area contributed by atoms with Gasteiger partial charge in [-0.3, -0.25) is 4.79 Å². The Labute approximate surface area is 88.1 Å². The lowest BCUT2D eigenvalue weighted by Gasteiger charge is -2.15. The Bertz CT molecular complexity index is 257. The van der Waals surface area contributed by atoms with Crippen molar-refractivity contribution < 1.29 is 13.2 Å². The summed E-state index contributed by atoms with van der Waals surface area (Å²) in [6, 6.07) is 0. The van der Waals surface area contributed by atoms with E-state index in [0.29, 0.717) is 0 Å². The molecule has 0 spiro atoms. The molecule has 0 heterocycles. The molecule has 0 radical (unpaired) electrons. The minimum absolute atomic E-state index is 0.0409. The van der Waals surface area contributed by atoms with Crippen molar-refractivity contribution in [3.8, 4) is 0 Å². The first-order chi connectivity index (χ1) is 4.75. The van der Waals surface area contributed by atoms with Gasteiger partial charge in [0.2, 0.25) is 1.66 Å². The van der Waals surface area contributed by atoms with Crippen LogP contribution in [0.3, 0.4) is 0 Å². The van der Waals surface area contributed by atoms with Gasteiger partial charge in [0.1, 0.15) is 0 Å². The second kappa shape index (κ2) is 3.69. The van der Waals surface area contributed by atoms with Gasteiger partial charge in [-0.1, -0.05) is 6.92 Å². The molecule has 0 aromatic carbocycles. The monoisotopic (exact) mass is 354 g/mol. The van der Waals surface area contributed by atoms with Crippen molar-refractivity contribution in [2.24, 2.45) is 0 Å². The van der Waals surface area contributed by atoms with Crippen LogP contribution in [0.4, 0.5) is 0 Å². The highest BCUT2D eigenvalue weighted by atomic mass is 127. The predicted octanol–water partition coefficient (Wildman–Crippen LogP) is 1.49. The Balaban J connectivity index is 5.01. The Hall–Kier alpha value is 0.830. The van der Waals surface area contributed by atoms with Crippen molar-refractivity contribution in [3.63, 3.8) is 0 Å². The molecule has 0 aliphatic carbocycles. The molecule has 0 unspecified atom stereocenters. The minimum atomic E-state index is -3.34. The average Bonchev–Trinajstić information content (AvgIpc) is 1.87. The van der Waals surface area contributed by atoms with Crippen LogP contribution in [0.5, 0.6) is 0 Å². The molecular formula is C5H8BrIO3S. The summed E-state index contributed by atoms with van der Waals surface area (Å²) in [5.74, 6) is -0.444. The molecule has 0 bridgehead atoms. The largest absolute Gasteiger partial charge is 0.296 e. The molecule has 0 aromatic rings. The second-order valence-corrected chi connectivity index (χ2v) is 9.94. The molecule has 11 heavy (non-hydrogen) atoms. The highest BCUT2D eigenvalue weighted by Crippen LogP contribution is 2.34. The molecule has 0 N–H and O–H groups in total. The molecule has 0 amide bonds. The molecule has 0 rings (SSSR count). The van der Waals surface area contributed by atoms with Gasteiger partial charge in [0, 0.05) is 0 Å². The number of ketones is 1. The first-order valence-electron chi connectivity index (χ1n) is 2.87. The van der Waals surface area contributed by atoms with Crippen molar-refractivity contribution in [2.75, 3.05) is 5.75 Å². The number of hydrogen-bond acceptors (Lipinski definition) is 3. The first-order valence-corrected chi connectivity index (χ1v) is 6.39. The number of sulfone groups is 1. The summed E-state index contributed by atoms with van der Waals surface area (Å²) in [5.41, 5.74) is 0. The van der Waals surface area contributed by atoms with E-state index >= 15 is 0 Å². The zero-order valence-corrected chi connectivity index (χ0v) is 10.7. The topological polar surface area (TPSA) is 51.2 Å². The highest BCUT2D eigenvalue weighted by molar-refractivity contribution is 14.1. The fraction of sp³-hybridized carbons (Fsp3) is 0.800. The summed E-state index contributed by atoms with van der Waals surface area (Å²) in [4.78, 5) is 10.8. The second-order valence-electron chi connectivity index (χ2n) is 1.98. The van der Waals surface area contributed by atoms with Gasteiger partial charge in [-0.25, -0.2) is 8.42 Å². The van der Waals surface area contributed by atoms with Crippen molar-refractivity contribution in [1.82, 2.24) is 0 Å². The minimum Gasteiger partial charge on any atom is -0.296 e. The molecule has 0 aliphatic heterocycles. The van der Waals surface area contributed by atoms with E-state index in [1.165, 1.54) is 13.8 Å². The predicted molar refractivity (Wildman–Crippen MR) is 55.8 cm³/mol. The third-order valence-corrected chi connectivity index (χ3v) is 7.82. The molecule has 66 valence electrons. The molecule has 0 aliphatic rings. The molecule has 0 saturated carbocycles. The number of carbonyl (C=O) groups is 1. The molecule has 1 atom stereocenters. The van der Waals surface area contributed by atoms with Crippen molar-refractivity contribution in [1.29, 1.82) is 0 Å². The normalized spacial score (nSPS) is 17.5. The maximum atomic E-state index is 11.2. The van der Waals surface area contributed by atoms with Crippen molar-refractivity contribution in [2.45, 2.75) is 15.5 Å². The van der Waals surface area contributed by atoms with E-state index in [-0.39, 0.29) is 5.75 Å². The number of carbonyl (C=O) groups excluding carboxylic acids is 1. The summed E-state index contributed by atoms with van der Waals surface area (Å²) in [6.45, 7) is 2.75. The van der Waals surface area contributed by atoms with Crippen LogP contribution in [0.25, 0.3) is 0 Å².